The summed E-state index contributed by atoms with van der Waals surface area (Å²) in [6, 6.07) is 0. The van der Waals surface area contributed by atoms with Crippen LogP contribution in [0.2, 0.25) is 0 Å². The molecule has 2 aliphatic rings. The maximum atomic E-state index is 5.34. The molecular formula is C43H97N5O. The Balaban J connectivity index is -0.000000547. The third kappa shape index (κ3) is 52.2. The number of hydrogen-bond acceptors (Lipinski definition) is 6. The fraction of sp³-hybridized carbons (Fsp3) is 1.00. The molecule has 0 aromatic heterocycles. The smallest absolute Gasteiger partial charge is 0.0594 e. The number of rotatable bonds is 10. The van der Waals surface area contributed by atoms with Gasteiger partial charge in [0.1, 0.15) is 0 Å². The Labute approximate surface area is 311 Å². The maximum absolute atomic E-state index is 5.34. The average Bonchev–Trinajstić information content (AvgIpc) is 2.96. The van der Waals surface area contributed by atoms with Crippen molar-refractivity contribution in [1.82, 2.24) is 20.0 Å². The van der Waals surface area contributed by atoms with E-state index >= 15 is 0 Å². The third-order valence-electron chi connectivity index (χ3n) is 8.39. The summed E-state index contributed by atoms with van der Waals surface area (Å²) < 4.78 is 5.29. The summed E-state index contributed by atoms with van der Waals surface area (Å²) in [5, 5.41) is 3.37. The molecule has 2 fully saturated rings. The Bertz CT molecular complexity index is 642. The van der Waals surface area contributed by atoms with Crippen LogP contribution < -0.4 is 11.1 Å². The highest BCUT2D eigenvalue weighted by molar-refractivity contribution is 4.71. The largest absolute Gasteiger partial charge is 0.379 e. The van der Waals surface area contributed by atoms with E-state index in [0.29, 0.717) is 27.1 Å². The van der Waals surface area contributed by atoms with Gasteiger partial charge >= 0.3 is 0 Å². The van der Waals surface area contributed by atoms with Crippen LogP contribution in [0.5, 0.6) is 0 Å². The topological polar surface area (TPSA) is 57.0 Å². The SMILES string of the molecule is CC(C)(C)CCCN.CC(C)(C)CCN1CCNCC1.CC(C)(C)CCN1CCOCC1.CCCCC(C)(C)C.CN(C)CCC(C)(C)C. The zero-order valence-corrected chi connectivity index (χ0v) is 37.5. The van der Waals surface area contributed by atoms with Crippen molar-refractivity contribution in [1.29, 1.82) is 0 Å². The van der Waals surface area contributed by atoms with Crippen LogP contribution >= 0.6 is 0 Å². The summed E-state index contributed by atoms with van der Waals surface area (Å²) in [5.74, 6) is 0. The van der Waals surface area contributed by atoms with Crippen molar-refractivity contribution in [3.8, 4) is 0 Å². The highest BCUT2D eigenvalue weighted by Crippen LogP contribution is 2.22. The van der Waals surface area contributed by atoms with Crippen molar-refractivity contribution in [2.75, 3.05) is 92.8 Å². The van der Waals surface area contributed by atoms with Gasteiger partial charge in [-0.3, -0.25) is 4.90 Å². The highest BCUT2D eigenvalue weighted by atomic mass is 16.5. The van der Waals surface area contributed by atoms with E-state index in [2.05, 4.69) is 145 Å². The fourth-order valence-corrected chi connectivity index (χ4v) is 4.65. The van der Waals surface area contributed by atoms with Crippen LogP contribution in [-0.4, -0.2) is 107 Å². The Morgan fingerprint density at radius 3 is 1.18 bits per heavy atom. The first kappa shape index (κ1) is 53.1. The molecule has 0 bridgehead atoms. The van der Waals surface area contributed by atoms with Crippen LogP contribution in [0.15, 0.2) is 0 Å². The van der Waals surface area contributed by atoms with Gasteiger partial charge in [-0.2, -0.15) is 0 Å². The summed E-state index contributed by atoms with van der Waals surface area (Å²) in [4.78, 5) is 7.28. The second-order valence-electron chi connectivity index (χ2n) is 20.9. The number of unbranched alkanes of at least 4 members (excludes halogenated alkanes) is 1. The minimum absolute atomic E-state index is 0.471. The van der Waals surface area contributed by atoms with Gasteiger partial charge in [-0.1, -0.05) is 124 Å². The number of hydrogen-bond donors (Lipinski definition) is 2. The Hall–Kier alpha value is -0.240. The number of nitrogens with zero attached hydrogens (tertiary/aromatic N) is 3. The Kier molecular flexibility index (Phi) is 30.7. The van der Waals surface area contributed by atoms with Crippen LogP contribution in [0.3, 0.4) is 0 Å². The zero-order valence-electron chi connectivity index (χ0n) is 37.5. The Morgan fingerprint density at radius 2 is 0.918 bits per heavy atom. The molecule has 0 aromatic carbocycles. The lowest BCUT2D eigenvalue weighted by Gasteiger charge is -2.30. The summed E-state index contributed by atoms with van der Waals surface area (Å²) in [5.41, 5.74) is 7.81. The molecule has 0 aromatic rings. The van der Waals surface area contributed by atoms with Crippen molar-refractivity contribution in [2.24, 2.45) is 32.8 Å². The van der Waals surface area contributed by atoms with Gasteiger partial charge in [-0.15, -0.1) is 0 Å². The maximum Gasteiger partial charge on any atom is 0.0594 e. The van der Waals surface area contributed by atoms with E-state index in [1.165, 1.54) is 90.8 Å². The van der Waals surface area contributed by atoms with E-state index in [-0.39, 0.29) is 0 Å². The normalized spacial score (nSPS) is 16.7. The van der Waals surface area contributed by atoms with Gasteiger partial charge in [0, 0.05) is 39.3 Å². The standard InChI is InChI=1S/C10H22N2.C10H21NO.C8H19N.C8H18.C7H17N/c1-10(2,3)4-7-12-8-5-11-6-9-12;1-10(2,3)4-5-11-6-8-12-9-7-11;1-8(2,3)6-7-9(4)5;1-5-6-7-8(2,3)4;1-7(2,3)5-4-6-8/h11H,4-9H2,1-3H3;4-9H2,1-3H3;6-7H2,1-5H3;5-7H2,1-4H3;4-6,8H2,1-3H3. The number of nitrogens with one attached hydrogen (secondary N) is 1. The fourth-order valence-electron chi connectivity index (χ4n) is 4.65. The average molecular weight is 700 g/mol. The number of ether oxygens (including phenoxy) is 1. The molecule has 6 heteroatoms. The first-order valence-electron chi connectivity index (χ1n) is 20.3. The number of piperazine rings is 1. The summed E-state index contributed by atoms with van der Waals surface area (Å²) in [7, 11) is 4.23. The first-order chi connectivity index (χ1) is 22.2. The molecule has 3 N–H and O–H groups in total. The molecular weight excluding hydrogens is 603 g/mol. The molecule has 2 rings (SSSR count). The molecule has 0 atom stereocenters. The van der Waals surface area contributed by atoms with Crippen molar-refractivity contribution in [3.63, 3.8) is 0 Å². The number of morpholine rings is 1. The molecule has 6 nitrogen and oxygen atoms in total. The van der Waals surface area contributed by atoms with E-state index < -0.39 is 0 Å². The first-order valence-corrected chi connectivity index (χ1v) is 20.3. The van der Waals surface area contributed by atoms with Crippen LogP contribution in [0, 0.1) is 27.1 Å². The summed E-state index contributed by atoms with van der Waals surface area (Å²) in [6.07, 6.45) is 10.3. The lowest BCUT2D eigenvalue weighted by molar-refractivity contribution is 0.0333. The minimum Gasteiger partial charge on any atom is -0.379 e. The minimum atomic E-state index is 0.471. The van der Waals surface area contributed by atoms with Gasteiger partial charge in [0.05, 0.1) is 13.2 Å². The van der Waals surface area contributed by atoms with E-state index in [0.717, 1.165) is 39.3 Å². The van der Waals surface area contributed by atoms with Crippen molar-refractivity contribution >= 4 is 0 Å². The van der Waals surface area contributed by atoms with Gasteiger partial charge in [-0.05, 0) is 106 Å². The number of nitrogens with two attached hydrogens (primary N) is 1. The lowest BCUT2D eigenvalue weighted by Crippen LogP contribution is -2.44. The van der Waals surface area contributed by atoms with E-state index in [4.69, 9.17) is 10.5 Å². The highest BCUT2D eigenvalue weighted by Gasteiger charge is 2.16. The molecule has 0 spiro atoms. The summed E-state index contributed by atoms with van der Waals surface area (Å²) in [6.45, 7) is 49.9. The van der Waals surface area contributed by atoms with Gasteiger partial charge in [-0.25, -0.2) is 0 Å². The van der Waals surface area contributed by atoms with Crippen LogP contribution in [0.1, 0.15) is 162 Å². The summed E-state index contributed by atoms with van der Waals surface area (Å²) >= 11 is 0. The zero-order chi connectivity index (χ0) is 38.8. The lowest BCUT2D eigenvalue weighted by atomic mass is 9.90. The van der Waals surface area contributed by atoms with Gasteiger partial charge in [0.15, 0.2) is 0 Å². The van der Waals surface area contributed by atoms with E-state index in [1.807, 2.05) is 0 Å². The Morgan fingerprint density at radius 1 is 0.551 bits per heavy atom. The second kappa shape index (κ2) is 28.3. The predicted molar refractivity (Wildman–Crippen MR) is 224 cm³/mol. The monoisotopic (exact) mass is 700 g/mol. The van der Waals surface area contributed by atoms with Gasteiger partial charge in [0.2, 0.25) is 0 Å². The van der Waals surface area contributed by atoms with Crippen LogP contribution in [-0.2, 0) is 4.74 Å². The molecule has 0 amide bonds. The molecule has 300 valence electrons. The molecule has 2 heterocycles. The molecule has 49 heavy (non-hydrogen) atoms. The van der Waals surface area contributed by atoms with Crippen molar-refractivity contribution in [2.45, 2.75) is 162 Å². The van der Waals surface area contributed by atoms with Crippen molar-refractivity contribution in [3.05, 3.63) is 0 Å². The predicted octanol–water partition coefficient (Wildman–Crippen LogP) is 10.1. The van der Waals surface area contributed by atoms with E-state index in [9.17, 15) is 0 Å². The van der Waals surface area contributed by atoms with Crippen LogP contribution in [0.25, 0.3) is 0 Å². The molecule has 0 saturated carbocycles. The van der Waals surface area contributed by atoms with Gasteiger partial charge in [0.25, 0.3) is 0 Å². The van der Waals surface area contributed by atoms with Crippen LogP contribution in [0.4, 0.5) is 0 Å². The van der Waals surface area contributed by atoms with Crippen molar-refractivity contribution < 1.29 is 4.74 Å². The van der Waals surface area contributed by atoms with Gasteiger partial charge < -0.3 is 25.6 Å². The molecule has 2 aliphatic heterocycles. The molecule has 0 aliphatic carbocycles. The third-order valence-corrected chi connectivity index (χ3v) is 8.39. The molecule has 0 unspecified atom stereocenters. The second-order valence-corrected chi connectivity index (χ2v) is 20.9. The van der Waals surface area contributed by atoms with E-state index in [1.54, 1.807) is 0 Å². The quantitative estimate of drug-likeness (QED) is 0.237. The molecule has 2 saturated heterocycles. The molecule has 0 radical (unpaired) electrons.